The van der Waals surface area contributed by atoms with Crippen molar-refractivity contribution in [2.24, 2.45) is 11.8 Å². The van der Waals surface area contributed by atoms with Crippen molar-refractivity contribution in [1.82, 2.24) is 10.2 Å². The molecule has 2 saturated carbocycles. The molecule has 6 rings (SSSR count). The van der Waals surface area contributed by atoms with Gasteiger partial charge >= 0.3 is 0 Å². The number of nitrogens with one attached hydrogen (secondary N) is 1. The Bertz CT molecular complexity index is 1300. The van der Waals surface area contributed by atoms with Crippen LogP contribution in [-0.4, -0.2) is 29.8 Å². The lowest BCUT2D eigenvalue weighted by Crippen LogP contribution is -2.43. The maximum Gasteiger partial charge on any atom is 0.287 e. The van der Waals surface area contributed by atoms with Crippen LogP contribution in [0, 0.1) is 18.8 Å². The van der Waals surface area contributed by atoms with Crippen LogP contribution in [0.4, 0.5) is 0 Å². The van der Waals surface area contributed by atoms with Gasteiger partial charge in [0.15, 0.2) is 5.76 Å². The van der Waals surface area contributed by atoms with Gasteiger partial charge in [0.2, 0.25) is 5.91 Å². The van der Waals surface area contributed by atoms with Crippen molar-refractivity contribution in [1.29, 1.82) is 0 Å². The van der Waals surface area contributed by atoms with E-state index in [1.54, 1.807) is 12.1 Å². The summed E-state index contributed by atoms with van der Waals surface area (Å²) in [6, 6.07) is 18.1. The lowest BCUT2D eigenvalue weighted by atomic mass is 9.86. The summed E-state index contributed by atoms with van der Waals surface area (Å²) in [5.41, 5.74) is 4.72. The zero-order chi connectivity index (χ0) is 26.1. The number of hydrogen-bond donors (Lipinski definition) is 1. The van der Waals surface area contributed by atoms with Gasteiger partial charge in [-0.1, -0.05) is 48.7 Å². The van der Waals surface area contributed by atoms with E-state index in [-0.39, 0.29) is 30.4 Å². The molecule has 1 atom stereocenters. The van der Waals surface area contributed by atoms with Gasteiger partial charge < -0.3 is 19.4 Å². The topological polar surface area (TPSA) is 71.8 Å². The van der Waals surface area contributed by atoms with Crippen molar-refractivity contribution < 1.29 is 18.7 Å². The molecule has 0 saturated heterocycles. The molecule has 2 aliphatic carbocycles. The Balaban J connectivity index is 1.21. The van der Waals surface area contributed by atoms with E-state index in [2.05, 4.69) is 53.5 Å². The molecule has 2 aromatic carbocycles. The first-order chi connectivity index (χ1) is 18.5. The lowest BCUT2D eigenvalue weighted by molar-refractivity contribution is -0.137. The summed E-state index contributed by atoms with van der Waals surface area (Å²) in [6.45, 7) is 3.76. The van der Waals surface area contributed by atoms with Crippen LogP contribution in [0.3, 0.4) is 0 Å². The number of nitrogens with zero attached hydrogens (tertiary/aromatic N) is 1. The highest BCUT2D eigenvalue weighted by molar-refractivity contribution is 5.91. The molecule has 6 heteroatoms. The normalized spacial score (nSPS) is 19.3. The fourth-order valence-corrected chi connectivity index (χ4v) is 5.81. The number of benzene rings is 2. The van der Waals surface area contributed by atoms with Gasteiger partial charge in [0.1, 0.15) is 18.1 Å². The van der Waals surface area contributed by atoms with Crippen LogP contribution in [0.5, 0.6) is 5.75 Å². The summed E-state index contributed by atoms with van der Waals surface area (Å²) in [5, 5.41) is 2.93. The van der Waals surface area contributed by atoms with Crippen molar-refractivity contribution in [2.45, 2.75) is 64.5 Å². The van der Waals surface area contributed by atoms with Gasteiger partial charge in [-0.2, -0.15) is 0 Å². The Kier molecular flexibility index (Phi) is 6.96. The monoisotopic (exact) mass is 512 g/mol. The zero-order valence-corrected chi connectivity index (χ0v) is 22.1. The average Bonchev–Trinajstić information content (AvgIpc) is 3.38. The molecule has 0 spiro atoms. The predicted molar refractivity (Wildman–Crippen MR) is 145 cm³/mol. The minimum Gasteiger partial charge on any atom is -0.486 e. The number of carbonyl (C=O) groups is 2. The first-order valence-electron chi connectivity index (χ1n) is 14.0. The summed E-state index contributed by atoms with van der Waals surface area (Å²) >= 11 is 0. The number of aryl methyl sites for hydroxylation is 1. The summed E-state index contributed by atoms with van der Waals surface area (Å²) in [6.07, 6.45) is 7.50. The molecule has 3 aliphatic rings. The molecule has 1 aliphatic heterocycles. The van der Waals surface area contributed by atoms with Gasteiger partial charge in [0.25, 0.3) is 5.91 Å². The van der Waals surface area contributed by atoms with E-state index >= 15 is 0 Å². The van der Waals surface area contributed by atoms with Crippen LogP contribution in [0.15, 0.2) is 59.0 Å². The number of furan rings is 1. The average molecular weight is 513 g/mol. The highest BCUT2D eigenvalue weighted by Gasteiger charge is 2.36. The minimum atomic E-state index is -0.176. The SMILES string of the molecule is Cc1ccc(C2c3cc(OCc4ccc(C(=O)NCC5CC5)o4)ccc3CCN2C(=O)C2CCCC2)cc1. The molecule has 2 amide bonds. The fourth-order valence-electron chi connectivity index (χ4n) is 5.81. The van der Waals surface area contributed by atoms with E-state index in [1.807, 2.05) is 6.07 Å². The number of carbonyl (C=O) groups excluding carboxylic acids is 2. The Morgan fingerprint density at radius 2 is 1.79 bits per heavy atom. The van der Waals surface area contributed by atoms with Crippen molar-refractivity contribution in [2.75, 3.05) is 13.1 Å². The maximum absolute atomic E-state index is 13.7. The third-order valence-corrected chi connectivity index (χ3v) is 8.24. The molecule has 1 unspecified atom stereocenters. The van der Waals surface area contributed by atoms with E-state index in [1.165, 1.54) is 24.0 Å². The molecule has 6 nitrogen and oxygen atoms in total. The molecule has 2 heterocycles. The second kappa shape index (κ2) is 10.7. The Morgan fingerprint density at radius 1 is 1.00 bits per heavy atom. The molecule has 3 aromatic rings. The molecule has 0 radical (unpaired) electrons. The van der Waals surface area contributed by atoms with Crippen molar-refractivity contribution in [3.8, 4) is 5.75 Å². The molecule has 198 valence electrons. The first kappa shape index (κ1) is 24.8. The van der Waals surface area contributed by atoms with E-state index in [0.717, 1.165) is 55.5 Å². The molecule has 38 heavy (non-hydrogen) atoms. The molecular formula is C32H36N2O4. The highest BCUT2D eigenvalue weighted by atomic mass is 16.5. The summed E-state index contributed by atoms with van der Waals surface area (Å²) in [4.78, 5) is 28.1. The van der Waals surface area contributed by atoms with Gasteiger partial charge in [-0.3, -0.25) is 9.59 Å². The number of amides is 2. The Labute approximate surface area is 224 Å². The van der Waals surface area contributed by atoms with Crippen LogP contribution in [0.2, 0.25) is 0 Å². The quantitative estimate of drug-likeness (QED) is 0.404. The Hall–Kier alpha value is -3.54. The van der Waals surface area contributed by atoms with E-state index in [4.69, 9.17) is 9.15 Å². The number of fused-ring (bicyclic) bond motifs is 1. The van der Waals surface area contributed by atoms with E-state index in [9.17, 15) is 9.59 Å². The van der Waals surface area contributed by atoms with E-state index < -0.39 is 0 Å². The van der Waals surface area contributed by atoms with Gasteiger partial charge in [-0.05, 0) is 85.9 Å². The molecular weight excluding hydrogens is 476 g/mol. The maximum atomic E-state index is 13.7. The van der Waals surface area contributed by atoms with Gasteiger partial charge in [-0.15, -0.1) is 0 Å². The van der Waals surface area contributed by atoms with Crippen LogP contribution < -0.4 is 10.1 Å². The van der Waals surface area contributed by atoms with Gasteiger partial charge in [0, 0.05) is 19.0 Å². The van der Waals surface area contributed by atoms with Crippen molar-refractivity contribution in [3.63, 3.8) is 0 Å². The minimum absolute atomic E-state index is 0.124. The Morgan fingerprint density at radius 3 is 2.55 bits per heavy atom. The largest absolute Gasteiger partial charge is 0.486 e. The standard InChI is InChI=1S/C32H36N2O4/c1-21-6-10-24(11-7-21)30-28-18-26(13-12-23(28)16-17-34(30)32(36)25-4-2-3-5-25)37-20-27-14-15-29(38-27)31(35)33-19-22-8-9-22/h6-7,10-15,18,22,25,30H,2-5,8-9,16-17,19-20H2,1H3,(H,33,35). The van der Waals surface area contributed by atoms with E-state index in [0.29, 0.717) is 24.0 Å². The molecule has 2 fully saturated rings. The second-order valence-corrected chi connectivity index (χ2v) is 11.1. The summed E-state index contributed by atoms with van der Waals surface area (Å²) in [5.74, 6) is 2.51. The summed E-state index contributed by atoms with van der Waals surface area (Å²) < 4.78 is 11.9. The third-order valence-electron chi connectivity index (χ3n) is 8.24. The van der Waals surface area contributed by atoms with Crippen LogP contribution in [-0.2, 0) is 17.8 Å². The first-order valence-corrected chi connectivity index (χ1v) is 14.0. The van der Waals surface area contributed by atoms with Crippen molar-refractivity contribution in [3.05, 3.63) is 88.4 Å². The third kappa shape index (κ3) is 5.35. The van der Waals surface area contributed by atoms with Crippen LogP contribution >= 0.6 is 0 Å². The number of rotatable bonds is 8. The molecule has 0 bridgehead atoms. The lowest BCUT2D eigenvalue weighted by Gasteiger charge is -2.39. The molecule has 1 aromatic heterocycles. The van der Waals surface area contributed by atoms with Gasteiger partial charge in [-0.25, -0.2) is 0 Å². The zero-order valence-electron chi connectivity index (χ0n) is 22.1. The number of hydrogen-bond acceptors (Lipinski definition) is 4. The highest BCUT2D eigenvalue weighted by Crippen LogP contribution is 2.40. The van der Waals surface area contributed by atoms with Crippen LogP contribution in [0.25, 0.3) is 0 Å². The summed E-state index contributed by atoms with van der Waals surface area (Å²) in [7, 11) is 0. The van der Waals surface area contributed by atoms with Crippen LogP contribution in [0.1, 0.15) is 83.1 Å². The predicted octanol–water partition coefficient (Wildman–Crippen LogP) is 5.97. The van der Waals surface area contributed by atoms with Gasteiger partial charge in [0.05, 0.1) is 6.04 Å². The smallest absolute Gasteiger partial charge is 0.287 e. The van der Waals surface area contributed by atoms with Crippen molar-refractivity contribution >= 4 is 11.8 Å². The number of ether oxygens (including phenoxy) is 1. The fraction of sp³-hybridized carbons (Fsp3) is 0.438. The molecule has 1 N–H and O–H groups in total. The second-order valence-electron chi connectivity index (χ2n) is 11.1.